The Bertz CT molecular complexity index is 842. The summed E-state index contributed by atoms with van der Waals surface area (Å²) >= 11 is 0. The SMILES string of the molecule is CNC(=O)Nc1ccc(NC(=O)c2ccc(S(=O)(=O)NC)o2)cc1. The smallest absolute Gasteiger partial charge is 0.318 e. The highest BCUT2D eigenvalue weighted by atomic mass is 32.2. The minimum absolute atomic E-state index is 0.142. The van der Waals surface area contributed by atoms with Crippen LogP contribution in [0.25, 0.3) is 0 Å². The fourth-order valence-electron chi connectivity index (χ4n) is 1.71. The molecule has 0 aliphatic rings. The van der Waals surface area contributed by atoms with Crippen LogP contribution in [0.1, 0.15) is 10.6 Å². The van der Waals surface area contributed by atoms with Crippen LogP contribution >= 0.6 is 0 Å². The molecule has 1 heterocycles. The van der Waals surface area contributed by atoms with Crippen molar-refractivity contribution < 1.29 is 22.4 Å². The quantitative estimate of drug-likeness (QED) is 0.642. The normalized spacial score (nSPS) is 10.9. The van der Waals surface area contributed by atoms with Gasteiger partial charge >= 0.3 is 6.03 Å². The molecule has 0 atom stereocenters. The standard InChI is InChI=1S/C14H16N4O5S/c1-15-14(20)18-10-5-3-9(4-6-10)17-13(19)11-7-8-12(23-11)24(21,22)16-2/h3-8,16H,1-2H3,(H,17,19)(H2,15,18,20). The fourth-order valence-corrected chi connectivity index (χ4v) is 2.36. The van der Waals surface area contributed by atoms with Gasteiger partial charge in [-0.05, 0) is 43.4 Å². The number of amides is 3. The highest BCUT2D eigenvalue weighted by molar-refractivity contribution is 7.89. The molecule has 2 rings (SSSR count). The lowest BCUT2D eigenvalue weighted by Gasteiger charge is -2.06. The Labute approximate surface area is 138 Å². The lowest BCUT2D eigenvalue weighted by atomic mass is 10.2. The third kappa shape index (κ3) is 4.12. The molecule has 3 amide bonds. The first-order valence-electron chi connectivity index (χ1n) is 6.79. The summed E-state index contributed by atoms with van der Waals surface area (Å²) in [5.41, 5.74) is 1.00. The average Bonchev–Trinajstić information content (AvgIpc) is 3.07. The topological polar surface area (TPSA) is 130 Å². The minimum atomic E-state index is -3.75. The molecule has 1 aromatic heterocycles. The van der Waals surface area contributed by atoms with Crippen molar-refractivity contribution in [3.05, 3.63) is 42.2 Å². The summed E-state index contributed by atoms with van der Waals surface area (Å²) in [7, 11) is -1.01. The summed E-state index contributed by atoms with van der Waals surface area (Å²) in [5.74, 6) is -0.740. The maximum Gasteiger partial charge on any atom is 0.318 e. The van der Waals surface area contributed by atoms with Crippen LogP contribution in [0.3, 0.4) is 0 Å². The van der Waals surface area contributed by atoms with Crippen molar-refractivity contribution in [1.29, 1.82) is 0 Å². The summed E-state index contributed by atoms with van der Waals surface area (Å²) in [6.07, 6.45) is 0. The lowest BCUT2D eigenvalue weighted by Crippen LogP contribution is -2.24. The highest BCUT2D eigenvalue weighted by Crippen LogP contribution is 2.17. The second kappa shape index (κ2) is 7.15. The van der Waals surface area contributed by atoms with E-state index in [1.54, 1.807) is 24.3 Å². The number of anilines is 2. The third-order valence-corrected chi connectivity index (χ3v) is 4.25. The number of furan rings is 1. The molecule has 0 fully saturated rings. The van der Waals surface area contributed by atoms with Gasteiger partial charge in [-0.15, -0.1) is 0 Å². The summed E-state index contributed by atoms with van der Waals surface area (Å²) < 4.78 is 30.3. The van der Waals surface area contributed by atoms with Gasteiger partial charge in [-0.25, -0.2) is 17.9 Å². The van der Waals surface area contributed by atoms with Crippen molar-refractivity contribution in [2.24, 2.45) is 0 Å². The fraction of sp³-hybridized carbons (Fsp3) is 0.143. The predicted molar refractivity (Wildman–Crippen MR) is 87.4 cm³/mol. The molecule has 0 radical (unpaired) electrons. The number of hydrogen-bond acceptors (Lipinski definition) is 5. The predicted octanol–water partition coefficient (Wildman–Crippen LogP) is 1.19. The first-order valence-corrected chi connectivity index (χ1v) is 8.27. The second-order valence-electron chi connectivity index (χ2n) is 4.56. The van der Waals surface area contributed by atoms with Gasteiger partial charge in [-0.1, -0.05) is 0 Å². The van der Waals surface area contributed by atoms with E-state index in [0.717, 1.165) is 0 Å². The van der Waals surface area contributed by atoms with Gasteiger partial charge in [-0.2, -0.15) is 0 Å². The molecule has 0 spiro atoms. The van der Waals surface area contributed by atoms with E-state index in [-0.39, 0.29) is 16.9 Å². The van der Waals surface area contributed by atoms with Gasteiger partial charge < -0.3 is 20.4 Å². The van der Waals surface area contributed by atoms with Crippen LogP contribution in [0.5, 0.6) is 0 Å². The van der Waals surface area contributed by atoms with Crippen LogP contribution in [0.4, 0.5) is 16.2 Å². The number of nitrogens with one attached hydrogen (secondary N) is 4. The highest BCUT2D eigenvalue weighted by Gasteiger charge is 2.19. The minimum Gasteiger partial charge on any atom is -0.438 e. The van der Waals surface area contributed by atoms with Gasteiger partial charge in [0.15, 0.2) is 5.76 Å². The van der Waals surface area contributed by atoms with Gasteiger partial charge in [0, 0.05) is 18.4 Å². The number of rotatable bonds is 5. The zero-order chi connectivity index (χ0) is 17.7. The van der Waals surface area contributed by atoms with Crippen LogP contribution in [-0.4, -0.2) is 34.5 Å². The Kier molecular flexibility index (Phi) is 5.21. The number of hydrogen-bond donors (Lipinski definition) is 4. The molecule has 2 aromatic rings. The van der Waals surface area contributed by atoms with E-state index in [1.165, 1.54) is 26.2 Å². The van der Waals surface area contributed by atoms with Crippen molar-refractivity contribution in [1.82, 2.24) is 10.0 Å². The molecule has 24 heavy (non-hydrogen) atoms. The molecule has 1 aromatic carbocycles. The Balaban J connectivity index is 2.06. The van der Waals surface area contributed by atoms with Crippen molar-refractivity contribution >= 4 is 33.3 Å². The zero-order valence-electron chi connectivity index (χ0n) is 12.9. The van der Waals surface area contributed by atoms with E-state index < -0.39 is 15.9 Å². The molecule has 0 bridgehead atoms. The third-order valence-electron chi connectivity index (χ3n) is 2.97. The van der Waals surface area contributed by atoms with E-state index in [4.69, 9.17) is 4.42 Å². The van der Waals surface area contributed by atoms with Crippen molar-refractivity contribution in [3.63, 3.8) is 0 Å². The molecular formula is C14H16N4O5S. The second-order valence-corrected chi connectivity index (χ2v) is 6.38. The van der Waals surface area contributed by atoms with Gasteiger partial charge in [-0.3, -0.25) is 4.79 Å². The van der Waals surface area contributed by atoms with E-state index in [9.17, 15) is 18.0 Å². The van der Waals surface area contributed by atoms with Crippen LogP contribution in [0, 0.1) is 0 Å². The number of sulfonamides is 1. The van der Waals surface area contributed by atoms with Crippen LogP contribution in [0.15, 0.2) is 45.9 Å². The van der Waals surface area contributed by atoms with E-state index in [1.807, 2.05) is 0 Å². The van der Waals surface area contributed by atoms with Gasteiger partial charge in [0.1, 0.15) is 0 Å². The number of urea groups is 1. The van der Waals surface area contributed by atoms with Gasteiger partial charge in [0.05, 0.1) is 0 Å². The van der Waals surface area contributed by atoms with Crippen molar-refractivity contribution in [3.8, 4) is 0 Å². The molecule has 0 saturated heterocycles. The van der Waals surface area contributed by atoms with Gasteiger partial charge in [0.2, 0.25) is 5.09 Å². The molecule has 0 aliphatic heterocycles. The molecule has 0 aliphatic carbocycles. The summed E-state index contributed by atoms with van der Waals surface area (Å²) in [6.45, 7) is 0. The molecule has 9 nitrogen and oxygen atoms in total. The van der Waals surface area contributed by atoms with Crippen molar-refractivity contribution in [2.75, 3.05) is 24.7 Å². The number of carbonyl (C=O) groups is 2. The average molecular weight is 352 g/mol. The first kappa shape index (κ1) is 17.5. The largest absolute Gasteiger partial charge is 0.438 e. The molecule has 10 heteroatoms. The Morgan fingerprint density at radius 3 is 2.04 bits per heavy atom. The van der Waals surface area contributed by atoms with Crippen LogP contribution in [0.2, 0.25) is 0 Å². The molecular weight excluding hydrogens is 336 g/mol. The maximum atomic E-state index is 12.1. The van der Waals surface area contributed by atoms with Crippen molar-refractivity contribution in [2.45, 2.75) is 5.09 Å². The summed E-state index contributed by atoms with van der Waals surface area (Å²) in [6, 6.07) is 8.46. The molecule has 0 saturated carbocycles. The lowest BCUT2D eigenvalue weighted by molar-refractivity contribution is 0.0991. The Morgan fingerprint density at radius 2 is 1.50 bits per heavy atom. The first-order chi connectivity index (χ1) is 11.4. The zero-order valence-corrected chi connectivity index (χ0v) is 13.7. The molecule has 0 unspecified atom stereocenters. The van der Waals surface area contributed by atoms with E-state index in [2.05, 4.69) is 20.7 Å². The molecule has 128 valence electrons. The Morgan fingerprint density at radius 1 is 0.917 bits per heavy atom. The molecule has 4 N–H and O–H groups in total. The number of benzene rings is 1. The van der Waals surface area contributed by atoms with Crippen LogP contribution < -0.4 is 20.7 Å². The van der Waals surface area contributed by atoms with E-state index in [0.29, 0.717) is 11.4 Å². The Hall–Kier alpha value is -2.85. The van der Waals surface area contributed by atoms with E-state index >= 15 is 0 Å². The van der Waals surface area contributed by atoms with Crippen LogP contribution in [-0.2, 0) is 10.0 Å². The summed E-state index contributed by atoms with van der Waals surface area (Å²) in [4.78, 5) is 23.2. The number of carbonyl (C=O) groups excluding carboxylic acids is 2. The monoisotopic (exact) mass is 352 g/mol. The maximum absolute atomic E-state index is 12.1. The summed E-state index contributed by atoms with van der Waals surface area (Å²) in [5, 5.41) is 7.20. The van der Waals surface area contributed by atoms with Gasteiger partial charge in [0.25, 0.3) is 15.9 Å².